The van der Waals surface area contributed by atoms with Crippen LogP contribution in [0.25, 0.3) is 0 Å². The van der Waals surface area contributed by atoms with Gasteiger partial charge in [-0.1, -0.05) is 48.5 Å². The molecule has 2 aliphatic rings. The molecule has 0 bridgehead atoms. The smallest absolute Gasteiger partial charge is 0.324 e. The van der Waals surface area contributed by atoms with E-state index in [1.165, 1.54) is 11.9 Å². The molecule has 2 heterocycles. The lowest BCUT2D eigenvalue weighted by Crippen LogP contribution is -2.57. The van der Waals surface area contributed by atoms with E-state index in [-0.39, 0.29) is 17.1 Å². The van der Waals surface area contributed by atoms with E-state index >= 15 is 0 Å². The SMILES string of the molecule is CC(=O)S[C@@H](Cc1ccccc1)C(=O)N[C@H]1CC[C@@H]2CCCCN2N(CC(=O)O)C1=O. The topological polar surface area (TPSA) is 107 Å². The van der Waals surface area contributed by atoms with Gasteiger partial charge < -0.3 is 10.4 Å². The fourth-order valence-corrected chi connectivity index (χ4v) is 5.15. The van der Waals surface area contributed by atoms with Crippen LogP contribution in [0, 0.1) is 0 Å². The van der Waals surface area contributed by atoms with E-state index in [1.807, 2.05) is 35.3 Å². The normalized spacial score (nSPS) is 22.9. The van der Waals surface area contributed by atoms with Gasteiger partial charge in [-0.25, -0.2) is 5.01 Å². The van der Waals surface area contributed by atoms with Gasteiger partial charge in [-0.05, 0) is 37.7 Å². The van der Waals surface area contributed by atoms with Gasteiger partial charge in [0.2, 0.25) is 5.91 Å². The van der Waals surface area contributed by atoms with Crippen LogP contribution in [0.5, 0.6) is 0 Å². The quantitative estimate of drug-likeness (QED) is 0.657. The van der Waals surface area contributed by atoms with Crippen LogP contribution in [0.2, 0.25) is 0 Å². The number of carboxylic acid groups (broad SMARTS) is 1. The van der Waals surface area contributed by atoms with Crippen LogP contribution < -0.4 is 5.32 Å². The zero-order valence-corrected chi connectivity index (χ0v) is 18.5. The first-order valence-corrected chi connectivity index (χ1v) is 11.5. The van der Waals surface area contributed by atoms with E-state index in [4.69, 9.17) is 0 Å². The standard InChI is InChI=1S/C22H29N3O5S/c1-15(26)31-19(13-16-7-3-2-4-8-16)21(29)23-18-11-10-17-9-5-6-12-24(17)25(22(18)30)14-20(27)28/h2-4,7-8,17-19H,5-6,9-14H2,1H3,(H,23,29)(H,27,28)/t17-,18-,19-/m0/s1. The number of hydrazine groups is 1. The van der Waals surface area contributed by atoms with Gasteiger partial charge in [-0.2, -0.15) is 0 Å². The highest BCUT2D eigenvalue weighted by Crippen LogP contribution is 2.27. The molecule has 3 rings (SSSR count). The Morgan fingerprint density at radius 2 is 1.90 bits per heavy atom. The Labute approximate surface area is 186 Å². The van der Waals surface area contributed by atoms with Crippen molar-refractivity contribution in [2.45, 2.75) is 62.8 Å². The Balaban J connectivity index is 1.75. The minimum absolute atomic E-state index is 0.102. The summed E-state index contributed by atoms with van der Waals surface area (Å²) in [5, 5.41) is 14.5. The largest absolute Gasteiger partial charge is 0.480 e. The fourth-order valence-electron chi connectivity index (χ4n) is 4.30. The molecule has 0 aromatic heterocycles. The number of nitrogens with one attached hydrogen (secondary N) is 1. The molecule has 2 aliphatic heterocycles. The number of aliphatic carboxylic acids is 1. The average Bonchev–Trinajstić information content (AvgIpc) is 2.86. The molecule has 1 aromatic carbocycles. The minimum Gasteiger partial charge on any atom is -0.480 e. The molecule has 9 heteroatoms. The maximum Gasteiger partial charge on any atom is 0.324 e. The van der Waals surface area contributed by atoms with Crippen LogP contribution in [0.1, 0.15) is 44.6 Å². The number of nitrogens with zero attached hydrogens (tertiary/aromatic N) is 2. The maximum absolute atomic E-state index is 13.2. The first kappa shape index (κ1) is 23.3. The van der Waals surface area contributed by atoms with E-state index in [9.17, 15) is 24.3 Å². The van der Waals surface area contributed by atoms with Crippen LogP contribution in [0.15, 0.2) is 30.3 Å². The molecular formula is C22H29N3O5S. The molecule has 31 heavy (non-hydrogen) atoms. The first-order valence-electron chi connectivity index (χ1n) is 10.7. The van der Waals surface area contributed by atoms with Gasteiger partial charge in [0.1, 0.15) is 12.6 Å². The monoisotopic (exact) mass is 447 g/mol. The predicted molar refractivity (Wildman–Crippen MR) is 117 cm³/mol. The molecule has 2 fully saturated rings. The summed E-state index contributed by atoms with van der Waals surface area (Å²) in [7, 11) is 0. The van der Waals surface area contributed by atoms with Gasteiger partial charge in [0.05, 0.1) is 5.25 Å². The lowest BCUT2D eigenvalue weighted by Gasteiger charge is -2.41. The Morgan fingerprint density at radius 1 is 1.16 bits per heavy atom. The zero-order chi connectivity index (χ0) is 22.4. The van der Waals surface area contributed by atoms with E-state index in [1.54, 1.807) is 0 Å². The van der Waals surface area contributed by atoms with Crippen molar-refractivity contribution in [2.24, 2.45) is 0 Å². The molecule has 3 atom stereocenters. The molecule has 2 amide bonds. The van der Waals surface area contributed by atoms with Crippen molar-refractivity contribution in [3.63, 3.8) is 0 Å². The number of rotatable bonds is 7. The second kappa shape index (κ2) is 10.8. The van der Waals surface area contributed by atoms with Gasteiger partial charge >= 0.3 is 5.97 Å². The summed E-state index contributed by atoms with van der Waals surface area (Å²) in [6, 6.07) is 8.71. The van der Waals surface area contributed by atoms with Crippen LogP contribution in [-0.4, -0.2) is 68.4 Å². The Kier molecular flexibility index (Phi) is 8.09. The average molecular weight is 448 g/mol. The minimum atomic E-state index is -1.08. The molecule has 0 aliphatic carbocycles. The van der Waals surface area contributed by atoms with Crippen LogP contribution >= 0.6 is 11.8 Å². The Bertz CT molecular complexity index is 819. The first-order chi connectivity index (χ1) is 14.8. The molecular weight excluding hydrogens is 418 g/mol. The molecule has 8 nitrogen and oxygen atoms in total. The Hall–Kier alpha value is -2.39. The number of piperidine rings is 1. The molecule has 0 radical (unpaired) electrons. The van der Waals surface area contributed by atoms with Gasteiger partial charge in [-0.15, -0.1) is 0 Å². The van der Waals surface area contributed by atoms with Crippen molar-refractivity contribution >= 4 is 34.7 Å². The lowest BCUT2D eigenvalue weighted by molar-refractivity contribution is -0.165. The van der Waals surface area contributed by atoms with E-state index < -0.39 is 29.7 Å². The molecule has 0 unspecified atom stereocenters. The summed E-state index contributed by atoms with van der Waals surface area (Å²) in [4.78, 5) is 49.4. The van der Waals surface area contributed by atoms with Gasteiger partial charge in [-0.3, -0.25) is 24.2 Å². The summed E-state index contributed by atoms with van der Waals surface area (Å²) in [5.41, 5.74) is 0.924. The third-order valence-corrected chi connectivity index (χ3v) is 6.71. The van der Waals surface area contributed by atoms with Crippen molar-refractivity contribution in [1.82, 2.24) is 15.3 Å². The van der Waals surface area contributed by atoms with Crippen molar-refractivity contribution in [3.05, 3.63) is 35.9 Å². The third kappa shape index (κ3) is 6.30. The summed E-state index contributed by atoms with van der Waals surface area (Å²) >= 11 is 0.949. The number of carboxylic acids is 1. The molecule has 2 saturated heterocycles. The summed E-state index contributed by atoms with van der Waals surface area (Å²) in [6.45, 7) is 1.64. The number of benzene rings is 1. The zero-order valence-electron chi connectivity index (χ0n) is 17.7. The highest BCUT2D eigenvalue weighted by Gasteiger charge is 2.40. The van der Waals surface area contributed by atoms with Crippen molar-refractivity contribution in [1.29, 1.82) is 0 Å². The van der Waals surface area contributed by atoms with E-state index in [0.717, 1.165) is 36.6 Å². The summed E-state index contributed by atoms with van der Waals surface area (Å²) < 4.78 is 0. The van der Waals surface area contributed by atoms with Crippen molar-refractivity contribution in [3.8, 4) is 0 Å². The highest BCUT2D eigenvalue weighted by molar-refractivity contribution is 8.14. The third-order valence-electron chi connectivity index (χ3n) is 5.71. The molecule has 168 valence electrons. The number of carbonyl (C=O) groups is 4. The summed E-state index contributed by atoms with van der Waals surface area (Å²) in [6.07, 6.45) is 4.37. The number of thioether (sulfide) groups is 1. The molecule has 2 N–H and O–H groups in total. The van der Waals surface area contributed by atoms with E-state index in [2.05, 4.69) is 5.32 Å². The van der Waals surface area contributed by atoms with E-state index in [0.29, 0.717) is 25.8 Å². The lowest BCUT2D eigenvalue weighted by atomic mass is 9.98. The van der Waals surface area contributed by atoms with Gasteiger partial charge in [0.15, 0.2) is 5.12 Å². The van der Waals surface area contributed by atoms with Crippen molar-refractivity contribution in [2.75, 3.05) is 13.1 Å². The molecule has 1 aromatic rings. The van der Waals surface area contributed by atoms with Gasteiger partial charge in [0.25, 0.3) is 5.91 Å². The number of hydrogen-bond donors (Lipinski definition) is 2. The molecule has 0 saturated carbocycles. The van der Waals surface area contributed by atoms with Crippen LogP contribution in [-0.2, 0) is 25.6 Å². The van der Waals surface area contributed by atoms with Crippen LogP contribution in [0.4, 0.5) is 0 Å². The number of fused-ring (bicyclic) bond motifs is 1. The number of hydrogen-bond acceptors (Lipinski definition) is 6. The summed E-state index contributed by atoms with van der Waals surface area (Å²) in [5.74, 6) is -1.86. The van der Waals surface area contributed by atoms with Crippen molar-refractivity contribution < 1.29 is 24.3 Å². The Morgan fingerprint density at radius 3 is 2.58 bits per heavy atom. The van der Waals surface area contributed by atoms with Crippen LogP contribution in [0.3, 0.4) is 0 Å². The fraction of sp³-hybridized carbons (Fsp3) is 0.545. The second-order valence-corrected chi connectivity index (χ2v) is 9.41. The van der Waals surface area contributed by atoms with Gasteiger partial charge in [0, 0.05) is 19.5 Å². The number of carbonyl (C=O) groups excluding carboxylic acids is 3. The maximum atomic E-state index is 13.2. The number of amides is 2. The predicted octanol–water partition coefficient (Wildman–Crippen LogP) is 1.84. The second-order valence-electron chi connectivity index (χ2n) is 8.03. The highest BCUT2D eigenvalue weighted by atomic mass is 32.2. The molecule has 0 spiro atoms.